The van der Waals surface area contributed by atoms with E-state index >= 15 is 0 Å². The number of benzene rings is 2. The molecule has 0 saturated carbocycles. The fourth-order valence-electron chi connectivity index (χ4n) is 2.11. The molecule has 0 spiro atoms. The molecule has 2 aromatic carbocycles. The van der Waals surface area contributed by atoms with Crippen molar-refractivity contribution < 1.29 is 13.2 Å². The zero-order valence-corrected chi connectivity index (χ0v) is 14.0. The maximum absolute atomic E-state index is 12.0. The third-order valence-corrected chi connectivity index (χ3v) is 4.45. The van der Waals surface area contributed by atoms with Crippen molar-refractivity contribution in [3.8, 4) is 17.6 Å². The minimum absolute atomic E-state index is 0.0506. The molecule has 0 atom stereocenters. The maximum atomic E-state index is 12.0. The molecule has 0 fully saturated rings. The zero-order chi connectivity index (χ0) is 16.7. The molecule has 4 nitrogen and oxygen atoms in total. The molecular formula is C18H19NO3S. The summed E-state index contributed by atoms with van der Waals surface area (Å²) < 4.78 is 31.8. The number of ether oxygens (including phenoxy) is 1. The standard InChI is InChI=1S/C18H19NO3S/c1-15-7-5-8-16(13-15)14-23(20,21)19-12-6-10-17-9-3-4-11-18(17)22-2/h3-5,7-9,11,13,19H,12,14H2,1-2H3. The van der Waals surface area contributed by atoms with Gasteiger partial charge in [-0.25, -0.2) is 13.1 Å². The summed E-state index contributed by atoms with van der Waals surface area (Å²) in [5, 5.41) is 0. The molecule has 1 N–H and O–H groups in total. The molecule has 0 heterocycles. The SMILES string of the molecule is COc1ccccc1C#CCNS(=O)(=O)Cc1cccc(C)c1. The maximum Gasteiger partial charge on any atom is 0.216 e. The van der Waals surface area contributed by atoms with Crippen LogP contribution in [0.4, 0.5) is 0 Å². The lowest BCUT2D eigenvalue weighted by molar-refractivity contribution is 0.413. The first-order chi connectivity index (χ1) is 11.0. The fourth-order valence-corrected chi connectivity index (χ4v) is 3.12. The van der Waals surface area contributed by atoms with Crippen molar-refractivity contribution in [2.24, 2.45) is 0 Å². The largest absolute Gasteiger partial charge is 0.495 e. The van der Waals surface area contributed by atoms with Crippen molar-refractivity contribution in [3.63, 3.8) is 0 Å². The minimum atomic E-state index is -3.41. The molecule has 2 rings (SSSR count). The molecule has 0 saturated heterocycles. The molecule has 0 aliphatic rings. The average Bonchev–Trinajstić information content (AvgIpc) is 2.51. The predicted octanol–water partition coefficient (Wildman–Crippen LogP) is 2.47. The van der Waals surface area contributed by atoms with E-state index in [-0.39, 0.29) is 12.3 Å². The number of para-hydroxylation sites is 1. The van der Waals surface area contributed by atoms with Crippen LogP contribution in [0.5, 0.6) is 5.75 Å². The van der Waals surface area contributed by atoms with Gasteiger partial charge in [0, 0.05) is 0 Å². The normalized spacial score (nSPS) is 10.7. The third kappa shape index (κ3) is 5.44. The molecular weight excluding hydrogens is 310 g/mol. The minimum Gasteiger partial charge on any atom is -0.495 e. The molecule has 5 heteroatoms. The summed E-state index contributed by atoms with van der Waals surface area (Å²) in [5.74, 6) is 6.34. The van der Waals surface area contributed by atoms with Gasteiger partial charge in [-0.2, -0.15) is 0 Å². The lowest BCUT2D eigenvalue weighted by Gasteiger charge is -2.05. The van der Waals surface area contributed by atoms with Gasteiger partial charge in [0.05, 0.1) is 25.0 Å². The molecule has 120 valence electrons. The highest BCUT2D eigenvalue weighted by molar-refractivity contribution is 7.88. The lowest BCUT2D eigenvalue weighted by atomic mass is 10.2. The van der Waals surface area contributed by atoms with E-state index in [1.54, 1.807) is 13.2 Å². The van der Waals surface area contributed by atoms with E-state index in [9.17, 15) is 8.42 Å². The molecule has 23 heavy (non-hydrogen) atoms. The highest BCUT2D eigenvalue weighted by atomic mass is 32.2. The van der Waals surface area contributed by atoms with Crippen molar-refractivity contribution >= 4 is 10.0 Å². The Bertz CT molecular complexity index is 833. The molecule has 0 amide bonds. The Kier molecular flexibility index (Phi) is 5.80. The van der Waals surface area contributed by atoms with Crippen molar-refractivity contribution in [1.82, 2.24) is 4.72 Å². The summed E-state index contributed by atoms with van der Waals surface area (Å²) in [7, 11) is -1.83. The van der Waals surface area contributed by atoms with Crippen LogP contribution in [0.25, 0.3) is 0 Å². The highest BCUT2D eigenvalue weighted by Gasteiger charge is 2.10. The molecule has 0 aromatic heterocycles. The molecule has 0 aliphatic heterocycles. The van der Waals surface area contributed by atoms with E-state index in [1.165, 1.54) is 0 Å². The van der Waals surface area contributed by atoms with Gasteiger partial charge in [-0.15, -0.1) is 0 Å². The summed E-state index contributed by atoms with van der Waals surface area (Å²) >= 11 is 0. The zero-order valence-electron chi connectivity index (χ0n) is 13.2. The van der Waals surface area contributed by atoms with E-state index in [4.69, 9.17) is 4.74 Å². The van der Waals surface area contributed by atoms with Gasteiger partial charge >= 0.3 is 0 Å². The van der Waals surface area contributed by atoms with Gasteiger partial charge in [0.25, 0.3) is 0 Å². The lowest BCUT2D eigenvalue weighted by Crippen LogP contribution is -2.25. The summed E-state index contributed by atoms with van der Waals surface area (Å²) in [4.78, 5) is 0. The van der Waals surface area contributed by atoms with Crippen LogP contribution in [0.1, 0.15) is 16.7 Å². The smallest absolute Gasteiger partial charge is 0.216 e. The van der Waals surface area contributed by atoms with Crippen molar-refractivity contribution in [2.75, 3.05) is 13.7 Å². The van der Waals surface area contributed by atoms with Gasteiger partial charge in [0.2, 0.25) is 10.0 Å². The Balaban J connectivity index is 1.97. The van der Waals surface area contributed by atoms with Crippen molar-refractivity contribution in [3.05, 3.63) is 65.2 Å². The quantitative estimate of drug-likeness (QED) is 0.858. The van der Waals surface area contributed by atoms with Crippen molar-refractivity contribution in [2.45, 2.75) is 12.7 Å². The first-order valence-corrected chi connectivity index (χ1v) is 8.80. The van der Waals surface area contributed by atoms with Crippen LogP contribution < -0.4 is 9.46 Å². The summed E-state index contributed by atoms with van der Waals surface area (Å²) in [6, 6.07) is 14.8. The van der Waals surface area contributed by atoms with E-state index in [2.05, 4.69) is 16.6 Å². The number of rotatable bonds is 5. The Morgan fingerprint density at radius 3 is 2.65 bits per heavy atom. The number of hydrogen-bond acceptors (Lipinski definition) is 3. The van der Waals surface area contributed by atoms with Gasteiger partial charge in [0.15, 0.2) is 0 Å². The van der Waals surface area contributed by atoms with Crippen LogP contribution in [0, 0.1) is 18.8 Å². The van der Waals surface area contributed by atoms with Gasteiger partial charge in [-0.1, -0.05) is 53.8 Å². The second-order valence-corrected chi connectivity index (χ2v) is 6.88. The summed E-state index contributed by atoms with van der Waals surface area (Å²) in [5.41, 5.74) is 2.52. The molecule has 0 unspecified atom stereocenters. The van der Waals surface area contributed by atoms with Crippen LogP contribution in [0.2, 0.25) is 0 Å². The van der Waals surface area contributed by atoms with Crippen LogP contribution in [0.15, 0.2) is 48.5 Å². The van der Waals surface area contributed by atoms with E-state index in [0.29, 0.717) is 5.75 Å². The van der Waals surface area contributed by atoms with E-state index in [1.807, 2.05) is 49.4 Å². The number of methoxy groups -OCH3 is 1. The van der Waals surface area contributed by atoms with Crippen LogP contribution >= 0.6 is 0 Å². The van der Waals surface area contributed by atoms with Crippen LogP contribution in [-0.2, 0) is 15.8 Å². The van der Waals surface area contributed by atoms with Gasteiger partial charge in [-0.05, 0) is 24.6 Å². The van der Waals surface area contributed by atoms with Crippen molar-refractivity contribution in [1.29, 1.82) is 0 Å². The van der Waals surface area contributed by atoms with Crippen LogP contribution in [0.3, 0.4) is 0 Å². The van der Waals surface area contributed by atoms with Gasteiger partial charge in [-0.3, -0.25) is 0 Å². The van der Waals surface area contributed by atoms with Gasteiger partial charge < -0.3 is 4.74 Å². The number of hydrogen-bond donors (Lipinski definition) is 1. The highest BCUT2D eigenvalue weighted by Crippen LogP contribution is 2.15. The second kappa shape index (κ2) is 7.82. The Morgan fingerprint density at radius 1 is 1.13 bits per heavy atom. The number of nitrogens with one attached hydrogen (secondary N) is 1. The summed E-state index contributed by atoms with van der Waals surface area (Å²) in [6.07, 6.45) is 0. The van der Waals surface area contributed by atoms with E-state index < -0.39 is 10.0 Å². The third-order valence-electron chi connectivity index (χ3n) is 3.15. The Hall–Kier alpha value is -2.29. The monoisotopic (exact) mass is 329 g/mol. The molecule has 0 radical (unpaired) electrons. The summed E-state index contributed by atoms with van der Waals surface area (Å²) in [6.45, 7) is 1.99. The predicted molar refractivity (Wildman–Crippen MR) is 91.7 cm³/mol. The Labute approximate surface area is 137 Å². The first-order valence-electron chi connectivity index (χ1n) is 7.15. The average molecular weight is 329 g/mol. The molecule has 2 aromatic rings. The van der Waals surface area contributed by atoms with Gasteiger partial charge in [0.1, 0.15) is 5.75 Å². The molecule has 0 bridgehead atoms. The molecule has 0 aliphatic carbocycles. The topological polar surface area (TPSA) is 55.4 Å². The van der Waals surface area contributed by atoms with Crippen LogP contribution in [-0.4, -0.2) is 22.1 Å². The first kappa shape index (κ1) is 17.1. The Morgan fingerprint density at radius 2 is 1.91 bits per heavy atom. The van der Waals surface area contributed by atoms with E-state index in [0.717, 1.165) is 16.7 Å². The number of aryl methyl sites for hydroxylation is 1. The fraction of sp³-hybridized carbons (Fsp3) is 0.222. The second-order valence-electron chi connectivity index (χ2n) is 5.07. The number of sulfonamides is 1.